The van der Waals surface area contributed by atoms with Crippen molar-refractivity contribution in [3.05, 3.63) is 84.2 Å². The number of anilines is 3. The lowest BCUT2D eigenvalue weighted by Gasteiger charge is -2.18. The first-order chi connectivity index (χ1) is 16.2. The van der Waals surface area contributed by atoms with Gasteiger partial charge in [0.05, 0.1) is 22.0 Å². The van der Waals surface area contributed by atoms with Gasteiger partial charge < -0.3 is 10.6 Å². The predicted octanol–water partition coefficient (Wildman–Crippen LogP) is 4.70. The number of halogens is 1. The van der Waals surface area contributed by atoms with Crippen LogP contribution in [0, 0.1) is 5.82 Å². The highest BCUT2D eigenvalue weighted by atomic mass is 32.2. The number of benzene rings is 3. The maximum Gasteiger partial charge on any atom is 0.263 e. The molecule has 1 unspecified atom stereocenters. The maximum atomic E-state index is 13.3. The van der Waals surface area contributed by atoms with Gasteiger partial charge in [0, 0.05) is 12.6 Å². The Morgan fingerprint density at radius 2 is 1.47 bits per heavy atom. The number of carbonyl (C=O) groups is 1. The van der Waals surface area contributed by atoms with E-state index in [1.54, 1.807) is 30.3 Å². The minimum atomic E-state index is -4.01. The highest BCUT2D eigenvalue weighted by Gasteiger charge is 2.20. The summed E-state index contributed by atoms with van der Waals surface area (Å²) in [4.78, 5) is 20.2. The number of rotatable bonds is 7. The number of aromatic nitrogens is 2. The van der Waals surface area contributed by atoms with E-state index >= 15 is 0 Å². The van der Waals surface area contributed by atoms with Gasteiger partial charge in [-0.15, -0.1) is 0 Å². The number of hydrogen-bond acceptors (Lipinski definition) is 6. The number of nitrogens with zero attached hydrogens (tertiary/aromatic N) is 2. The quantitative estimate of drug-likeness (QED) is 0.354. The van der Waals surface area contributed by atoms with Gasteiger partial charge in [0.1, 0.15) is 5.82 Å². The first kappa shape index (κ1) is 23.1. The Bertz CT molecular complexity index is 1440. The fourth-order valence-corrected chi connectivity index (χ4v) is 4.33. The second kappa shape index (κ2) is 9.44. The Morgan fingerprint density at radius 1 is 0.882 bits per heavy atom. The molecule has 10 heteroatoms. The van der Waals surface area contributed by atoms with Crippen molar-refractivity contribution in [3.63, 3.8) is 0 Å². The van der Waals surface area contributed by atoms with Gasteiger partial charge in [0.2, 0.25) is 5.91 Å². The average Bonchev–Trinajstić information content (AvgIpc) is 2.79. The Kier molecular flexibility index (Phi) is 6.42. The van der Waals surface area contributed by atoms with Crippen molar-refractivity contribution in [2.75, 3.05) is 15.4 Å². The lowest BCUT2D eigenvalue weighted by atomic mass is 10.1. The van der Waals surface area contributed by atoms with Crippen LogP contribution in [0.25, 0.3) is 11.0 Å². The average molecular weight is 480 g/mol. The summed E-state index contributed by atoms with van der Waals surface area (Å²) in [6.07, 6.45) is 0. The second-order valence-electron chi connectivity index (χ2n) is 7.64. The first-order valence-corrected chi connectivity index (χ1v) is 11.9. The Hall–Kier alpha value is -4.05. The lowest BCUT2D eigenvalue weighted by molar-refractivity contribution is -0.114. The molecule has 0 saturated carbocycles. The third-order valence-electron chi connectivity index (χ3n) is 5.01. The lowest BCUT2D eigenvalue weighted by Crippen LogP contribution is -2.18. The summed E-state index contributed by atoms with van der Waals surface area (Å²) in [5, 5.41) is 5.77. The predicted molar refractivity (Wildman–Crippen MR) is 130 cm³/mol. The number of hydrogen-bond donors (Lipinski definition) is 3. The monoisotopic (exact) mass is 479 g/mol. The second-order valence-corrected chi connectivity index (χ2v) is 9.32. The van der Waals surface area contributed by atoms with Gasteiger partial charge in [-0.05, 0) is 61.0 Å². The van der Waals surface area contributed by atoms with Gasteiger partial charge >= 0.3 is 0 Å². The van der Waals surface area contributed by atoms with Crippen LogP contribution in [0.15, 0.2) is 77.7 Å². The molecule has 0 bridgehead atoms. The Balaban J connectivity index is 1.67. The van der Waals surface area contributed by atoms with E-state index in [0.717, 1.165) is 5.56 Å². The highest BCUT2D eigenvalue weighted by Crippen LogP contribution is 2.28. The molecule has 8 nitrogen and oxygen atoms in total. The van der Waals surface area contributed by atoms with Crippen LogP contribution in [0.1, 0.15) is 25.5 Å². The molecule has 0 aliphatic heterocycles. The van der Waals surface area contributed by atoms with E-state index in [1.165, 1.54) is 43.3 Å². The molecule has 1 amide bonds. The van der Waals surface area contributed by atoms with Crippen molar-refractivity contribution < 1.29 is 17.6 Å². The van der Waals surface area contributed by atoms with Crippen molar-refractivity contribution in [2.24, 2.45) is 0 Å². The molecular weight excluding hydrogens is 457 g/mol. The summed E-state index contributed by atoms with van der Waals surface area (Å²) < 4.78 is 42.0. The normalized spacial score (nSPS) is 12.2. The number of amides is 1. The Labute approximate surface area is 196 Å². The van der Waals surface area contributed by atoms with Gasteiger partial charge in [-0.1, -0.05) is 24.3 Å². The summed E-state index contributed by atoms with van der Waals surface area (Å²) in [5.74, 6) is -0.349. The van der Waals surface area contributed by atoms with E-state index < -0.39 is 10.0 Å². The fraction of sp³-hybridized carbons (Fsp3) is 0.125. The molecule has 3 N–H and O–H groups in total. The van der Waals surface area contributed by atoms with E-state index in [4.69, 9.17) is 0 Å². The molecule has 1 aromatic heterocycles. The summed E-state index contributed by atoms with van der Waals surface area (Å²) in [6.45, 7) is 3.22. The molecule has 0 radical (unpaired) electrons. The SMILES string of the molecule is CC(=O)Nc1ccc(S(=O)(=O)Nc2nc3ccccc3nc2NC(C)c2ccc(F)cc2)cc1. The fourth-order valence-electron chi connectivity index (χ4n) is 3.32. The minimum Gasteiger partial charge on any atom is -0.360 e. The first-order valence-electron chi connectivity index (χ1n) is 10.4. The molecule has 0 aliphatic rings. The topological polar surface area (TPSA) is 113 Å². The standard InChI is InChI=1S/C24H22FN5O3S/c1-15(17-7-9-18(25)10-8-17)26-23-24(29-22-6-4-3-5-21(22)28-23)30-34(32,33)20-13-11-19(12-14-20)27-16(2)31/h3-15H,1-2H3,(H,26,28)(H,27,31)(H,29,30). The van der Waals surface area contributed by atoms with Gasteiger partial charge in [-0.2, -0.15) is 0 Å². The molecule has 3 aromatic carbocycles. The molecule has 34 heavy (non-hydrogen) atoms. The van der Waals surface area contributed by atoms with Crippen molar-refractivity contribution >= 4 is 44.3 Å². The molecule has 1 heterocycles. The van der Waals surface area contributed by atoms with Crippen molar-refractivity contribution in [1.29, 1.82) is 0 Å². The molecule has 0 spiro atoms. The van der Waals surface area contributed by atoms with E-state index in [2.05, 4.69) is 25.3 Å². The molecule has 4 rings (SSSR count). The van der Waals surface area contributed by atoms with Crippen LogP contribution in [-0.4, -0.2) is 24.3 Å². The third kappa shape index (κ3) is 5.29. The molecule has 0 saturated heterocycles. The van der Waals surface area contributed by atoms with Crippen LogP contribution in [-0.2, 0) is 14.8 Å². The van der Waals surface area contributed by atoms with Crippen LogP contribution >= 0.6 is 0 Å². The van der Waals surface area contributed by atoms with Gasteiger partial charge in [0.15, 0.2) is 11.6 Å². The summed E-state index contributed by atoms with van der Waals surface area (Å²) in [5.41, 5.74) is 2.37. The third-order valence-corrected chi connectivity index (χ3v) is 6.36. The minimum absolute atomic E-state index is 0.00547. The zero-order valence-corrected chi connectivity index (χ0v) is 19.2. The van der Waals surface area contributed by atoms with Crippen molar-refractivity contribution in [3.8, 4) is 0 Å². The van der Waals surface area contributed by atoms with Gasteiger partial charge in [-0.25, -0.2) is 22.8 Å². The number of nitrogens with one attached hydrogen (secondary N) is 3. The van der Waals surface area contributed by atoms with Gasteiger partial charge in [0.25, 0.3) is 10.0 Å². The van der Waals surface area contributed by atoms with Crippen LogP contribution in [0.4, 0.5) is 21.7 Å². The van der Waals surface area contributed by atoms with Crippen LogP contribution < -0.4 is 15.4 Å². The summed E-state index contributed by atoms with van der Waals surface area (Å²) in [6, 6.07) is 18.5. The zero-order chi connectivity index (χ0) is 24.3. The number of fused-ring (bicyclic) bond motifs is 1. The molecule has 1 atom stereocenters. The molecule has 0 fully saturated rings. The number of para-hydroxylation sites is 2. The van der Waals surface area contributed by atoms with E-state index in [1.807, 2.05) is 13.0 Å². The Morgan fingerprint density at radius 3 is 2.06 bits per heavy atom. The van der Waals surface area contributed by atoms with E-state index in [9.17, 15) is 17.6 Å². The van der Waals surface area contributed by atoms with Crippen molar-refractivity contribution in [2.45, 2.75) is 24.8 Å². The zero-order valence-electron chi connectivity index (χ0n) is 18.4. The van der Waals surface area contributed by atoms with E-state index in [0.29, 0.717) is 16.7 Å². The number of carbonyl (C=O) groups excluding carboxylic acids is 1. The number of sulfonamides is 1. The summed E-state index contributed by atoms with van der Waals surface area (Å²) >= 11 is 0. The van der Waals surface area contributed by atoms with Crippen LogP contribution in [0.5, 0.6) is 0 Å². The van der Waals surface area contributed by atoms with Gasteiger partial charge in [-0.3, -0.25) is 9.52 Å². The molecule has 174 valence electrons. The van der Waals surface area contributed by atoms with Crippen LogP contribution in [0.3, 0.4) is 0 Å². The largest absolute Gasteiger partial charge is 0.360 e. The molecule has 4 aromatic rings. The molecular formula is C24H22FN5O3S. The van der Waals surface area contributed by atoms with E-state index in [-0.39, 0.29) is 34.3 Å². The maximum absolute atomic E-state index is 13.3. The highest BCUT2D eigenvalue weighted by molar-refractivity contribution is 7.92. The van der Waals surface area contributed by atoms with Crippen LogP contribution in [0.2, 0.25) is 0 Å². The molecule has 0 aliphatic carbocycles. The summed E-state index contributed by atoms with van der Waals surface area (Å²) in [7, 11) is -4.01. The smallest absolute Gasteiger partial charge is 0.263 e. The van der Waals surface area contributed by atoms with Crippen molar-refractivity contribution in [1.82, 2.24) is 9.97 Å².